The zero-order chi connectivity index (χ0) is 16.8. The Balaban J connectivity index is 4.48. The van der Waals surface area contributed by atoms with Crippen molar-refractivity contribution in [2.24, 2.45) is 11.3 Å². The highest BCUT2D eigenvalue weighted by molar-refractivity contribution is 5.96. The lowest BCUT2D eigenvalue weighted by molar-refractivity contribution is -0.149. The van der Waals surface area contributed by atoms with Crippen LogP contribution in [0.2, 0.25) is 0 Å². The molecule has 7 nitrogen and oxygen atoms in total. The number of amides is 3. The summed E-state index contributed by atoms with van der Waals surface area (Å²) in [5.74, 6) is -1.47. The van der Waals surface area contributed by atoms with Gasteiger partial charge in [-0.1, -0.05) is 13.8 Å². The Labute approximate surface area is 126 Å². The molecule has 0 fully saturated rings. The molecule has 0 aliphatic heterocycles. The Kier molecular flexibility index (Phi) is 7.35. The van der Waals surface area contributed by atoms with Crippen molar-refractivity contribution in [2.45, 2.75) is 40.2 Å². The Morgan fingerprint density at radius 2 is 1.71 bits per heavy atom. The second-order valence-electron chi connectivity index (χ2n) is 6.50. The largest absolute Gasteiger partial charge is 0.481 e. The molecule has 0 aromatic carbocycles. The van der Waals surface area contributed by atoms with Gasteiger partial charge in [0.2, 0.25) is 5.91 Å². The number of hydrogen-bond donors (Lipinski definition) is 3. The second kappa shape index (κ2) is 7.97. The van der Waals surface area contributed by atoms with E-state index in [0.717, 1.165) is 0 Å². The zero-order valence-corrected chi connectivity index (χ0v) is 13.7. The molecular formula is C14H27N3O4. The highest BCUT2D eigenvalue weighted by atomic mass is 16.4. The van der Waals surface area contributed by atoms with Crippen LogP contribution >= 0.6 is 0 Å². The Hall–Kier alpha value is -1.63. The fraction of sp³-hybridized carbons (Fsp3) is 0.786. The van der Waals surface area contributed by atoms with Crippen molar-refractivity contribution in [3.63, 3.8) is 0 Å². The van der Waals surface area contributed by atoms with Crippen molar-refractivity contribution < 1.29 is 19.5 Å². The van der Waals surface area contributed by atoms with Gasteiger partial charge in [-0.2, -0.15) is 0 Å². The molecule has 21 heavy (non-hydrogen) atoms. The van der Waals surface area contributed by atoms with Gasteiger partial charge < -0.3 is 15.3 Å². The normalized spacial score (nSPS) is 13.1. The number of urea groups is 1. The van der Waals surface area contributed by atoms with Gasteiger partial charge in [-0.05, 0) is 33.9 Å². The van der Waals surface area contributed by atoms with Crippen LogP contribution in [0.5, 0.6) is 0 Å². The molecule has 0 bridgehead atoms. The summed E-state index contributed by atoms with van der Waals surface area (Å²) in [5.41, 5.74) is -1.20. The fourth-order valence-electron chi connectivity index (χ4n) is 1.67. The summed E-state index contributed by atoms with van der Waals surface area (Å²) in [6.45, 7) is 7.49. The van der Waals surface area contributed by atoms with Gasteiger partial charge in [0.05, 0.1) is 5.41 Å². The molecule has 0 saturated heterocycles. The third kappa shape index (κ3) is 7.65. The van der Waals surface area contributed by atoms with Crippen LogP contribution in [0.4, 0.5) is 4.79 Å². The predicted molar refractivity (Wildman–Crippen MR) is 79.9 cm³/mol. The molecule has 0 aromatic rings. The molecule has 122 valence electrons. The van der Waals surface area contributed by atoms with Crippen LogP contribution in [-0.2, 0) is 9.59 Å². The number of nitrogens with zero attached hydrogens (tertiary/aromatic N) is 1. The molecule has 0 radical (unpaired) electrons. The van der Waals surface area contributed by atoms with Gasteiger partial charge in [0.15, 0.2) is 0 Å². The number of carbonyl (C=O) groups excluding carboxylic acids is 2. The van der Waals surface area contributed by atoms with Crippen molar-refractivity contribution >= 4 is 17.9 Å². The number of likely N-dealkylation sites (N-methyl/N-ethyl adjacent to an activating group) is 1. The second-order valence-corrected chi connectivity index (χ2v) is 6.50. The number of imide groups is 1. The van der Waals surface area contributed by atoms with Gasteiger partial charge in [-0.25, -0.2) is 4.79 Å². The smallest absolute Gasteiger partial charge is 0.321 e. The molecule has 0 aliphatic carbocycles. The molecular weight excluding hydrogens is 274 g/mol. The predicted octanol–water partition coefficient (Wildman–Crippen LogP) is 0.899. The van der Waals surface area contributed by atoms with E-state index < -0.39 is 23.3 Å². The highest BCUT2D eigenvalue weighted by Gasteiger charge is 2.31. The van der Waals surface area contributed by atoms with E-state index in [9.17, 15) is 14.4 Å². The Bertz CT molecular complexity index is 392. The van der Waals surface area contributed by atoms with E-state index in [2.05, 4.69) is 10.6 Å². The number of aliphatic carboxylic acids is 1. The van der Waals surface area contributed by atoms with Crippen LogP contribution in [0.1, 0.15) is 34.1 Å². The third-order valence-electron chi connectivity index (χ3n) is 3.12. The van der Waals surface area contributed by atoms with Gasteiger partial charge in [0.1, 0.15) is 0 Å². The van der Waals surface area contributed by atoms with Gasteiger partial charge >= 0.3 is 12.0 Å². The number of nitrogens with one attached hydrogen (secondary N) is 2. The maximum atomic E-state index is 11.8. The van der Waals surface area contributed by atoms with Gasteiger partial charge in [0, 0.05) is 19.0 Å². The minimum absolute atomic E-state index is 0.0970. The summed E-state index contributed by atoms with van der Waals surface area (Å²) in [7, 11) is 3.80. The molecule has 1 unspecified atom stereocenters. The molecule has 1 atom stereocenters. The van der Waals surface area contributed by atoms with Gasteiger partial charge in [-0.3, -0.25) is 14.9 Å². The van der Waals surface area contributed by atoms with Crippen molar-refractivity contribution in [1.29, 1.82) is 0 Å². The summed E-state index contributed by atoms with van der Waals surface area (Å²) in [4.78, 5) is 36.4. The molecule has 3 N–H and O–H groups in total. The summed E-state index contributed by atoms with van der Waals surface area (Å²) in [5, 5.41) is 13.9. The lowest BCUT2D eigenvalue weighted by atomic mass is 9.89. The van der Waals surface area contributed by atoms with Crippen LogP contribution in [0.3, 0.4) is 0 Å². The maximum absolute atomic E-state index is 11.8. The van der Waals surface area contributed by atoms with E-state index in [-0.39, 0.29) is 18.4 Å². The molecule has 0 heterocycles. The summed E-state index contributed by atoms with van der Waals surface area (Å²) >= 11 is 0. The van der Waals surface area contributed by atoms with Crippen LogP contribution in [0.15, 0.2) is 0 Å². The lowest BCUT2D eigenvalue weighted by Crippen LogP contribution is -2.50. The SMILES string of the molecule is CC(C)C(CN(C)C)NC(=O)NC(=O)CC(C)(C)C(=O)O. The van der Waals surface area contributed by atoms with Crippen LogP contribution in [0, 0.1) is 11.3 Å². The van der Waals surface area contributed by atoms with Crippen LogP contribution in [0.25, 0.3) is 0 Å². The quantitative estimate of drug-likeness (QED) is 0.649. The first-order valence-corrected chi connectivity index (χ1v) is 6.94. The first-order chi connectivity index (χ1) is 9.45. The van der Waals surface area contributed by atoms with Crippen molar-refractivity contribution in [3.05, 3.63) is 0 Å². The highest BCUT2D eigenvalue weighted by Crippen LogP contribution is 2.19. The van der Waals surface area contributed by atoms with Gasteiger partial charge in [-0.15, -0.1) is 0 Å². The number of hydrogen-bond acceptors (Lipinski definition) is 4. The molecule has 0 aliphatic rings. The average molecular weight is 301 g/mol. The van der Waals surface area contributed by atoms with E-state index >= 15 is 0 Å². The monoisotopic (exact) mass is 301 g/mol. The number of carboxylic acid groups (broad SMARTS) is 1. The fourth-order valence-corrected chi connectivity index (χ4v) is 1.67. The number of carbonyl (C=O) groups is 3. The zero-order valence-electron chi connectivity index (χ0n) is 13.7. The van der Waals surface area contributed by atoms with E-state index in [1.54, 1.807) is 0 Å². The Morgan fingerprint density at radius 3 is 2.10 bits per heavy atom. The standard InChI is InChI=1S/C14H27N3O4/c1-9(2)10(8-17(5)6)15-13(21)16-11(18)7-14(3,4)12(19)20/h9-10H,7-8H2,1-6H3,(H,19,20)(H2,15,16,18,21). The number of rotatable bonds is 7. The average Bonchev–Trinajstić information content (AvgIpc) is 2.25. The lowest BCUT2D eigenvalue weighted by Gasteiger charge is -2.25. The van der Waals surface area contributed by atoms with Crippen LogP contribution < -0.4 is 10.6 Å². The van der Waals surface area contributed by atoms with Crippen LogP contribution in [-0.4, -0.2) is 54.6 Å². The minimum Gasteiger partial charge on any atom is -0.481 e. The molecule has 0 rings (SSSR count). The molecule has 0 aromatic heterocycles. The maximum Gasteiger partial charge on any atom is 0.321 e. The first kappa shape index (κ1) is 19.4. The van der Waals surface area contributed by atoms with E-state index in [1.165, 1.54) is 13.8 Å². The first-order valence-electron chi connectivity index (χ1n) is 6.94. The topological polar surface area (TPSA) is 98.7 Å². The van der Waals surface area contributed by atoms with Gasteiger partial charge in [0.25, 0.3) is 0 Å². The summed E-state index contributed by atoms with van der Waals surface area (Å²) < 4.78 is 0. The molecule has 7 heteroatoms. The van der Waals surface area contributed by atoms with E-state index in [1.807, 2.05) is 32.8 Å². The molecule has 0 saturated carbocycles. The van der Waals surface area contributed by atoms with Crippen molar-refractivity contribution in [1.82, 2.24) is 15.5 Å². The van der Waals surface area contributed by atoms with E-state index in [0.29, 0.717) is 6.54 Å². The van der Waals surface area contributed by atoms with E-state index in [4.69, 9.17) is 5.11 Å². The number of carboxylic acids is 1. The Morgan fingerprint density at radius 1 is 1.19 bits per heavy atom. The third-order valence-corrected chi connectivity index (χ3v) is 3.12. The summed E-state index contributed by atoms with van der Waals surface area (Å²) in [6, 6.07) is -0.693. The molecule has 3 amide bonds. The summed E-state index contributed by atoms with van der Waals surface area (Å²) in [6.07, 6.45) is -0.254. The van der Waals surface area contributed by atoms with Crippen molar-refractivity contribution in [2.75, 3.05) is 20.6 Å². The van der Waals surface area contributed by atoms with Crippen molar-refractivity contribution in [3.8, 4) is 0 Å². The molecule has 0 spiro atoms. The minimum atomic E-state index is -1.20.